The number of hydrogen-bond donors (Lipinski definition) is 0. The predicted molar refractivity (Wildman–Crippen MR) is 71.2 cm³/mol. The van der Waals surface area contributed by atoms with Crippen LogP contribution in [-0.4, -0.2) is 9.97 Å². The molecule has 2 aromatic rings. The maximum absolute atomic E-state index is 5.96. The zero-order chi connectivity index (χ0) is 12.5. The van der Waals surface area contributed by atoms with Crippen molar-refractivity contribution in [2.24, 2.45) is 0 Å². The van der Waals surface area contributed by atoms with Crippen molar-refractivity contribution in [1.82, 2.24) is 9.97 Å². The molecule has 0 saturated heterocycles. The van der Waals surface area contributed by atoms with E-state index in [1.807, 2.05) is 36.7 Å². The molecule has 0 bridgehead atoms. The number of rotatable bonds is 1. The van der Waals surface area contributed by atoms with E-state index >= 15 is 0 Å². The molecule has 0 aliphatic carbocycles. The lowest BCUT2D eigenvalue weighted by molar-refractivity contribution is 0.545. The van der Waals surface area contributed by atoms with Crippen molar-refractivity contribution in [2.45, 2.75) is 26.2 Å². The zero-order valence-corrected chi connectivity index (χ0v) is 11.0. The summed E-state index contributed by atoms with van der Waals surface area (Å²) >= 11 is 5.96. The molecule has 0 atom stereocenters. The lowest BCUT2D eigenvalue weighted by Gasteiger charge is -2.16. The first-order valence-corrected chi connectivity index (χ1v) is 5.93. The number of halogens is 1. The summed E-state index contributed by atoms with van der Waals surface area (Å²) in [4.78, 5) is 8.80. The first kappa shape index (κ1) is 12.1. The number of nitrogens with zero attached hydrogens (tertiary/aromatic N) is 2. The smallest absolute Gasteiger partial charge is 0.133 e. The summed E-state index contributed by atoms with van der Waals surface area (Å²) in [7, 11) is 0. The van der Waals surface area contributed by atoms with Crippen LogP contribution in [0, 0.1) is 0 Å². The monoisotopic (exact) mass is 246 g/mol. The van der Waals surface area contributed by atoms with Crippen LogP contribution in [0.1, 0.15) is 26.6 Å². The lowest BCUT2D eigenvalue weighted by Crippen LogP contribution is -2.15. The standard InChI is InChI=1S/C14H15ClN2/c1-14(2,3)13-16-8-11(9-17-13)10-5-4-6-12(15)7-10/h4-9H,1-3H3. The highest BCUT2D eigenvalue weighted by Gasteiger charge is 2.16. The van der Waals surface area contributed by atoms with Gasteiger partial charge in [0.1, 0.15) is 5.82 Å². The molecule has 3 heteroatoms. The Morgan fingerprint density at radius 1 is 1.00 bits per heavy atom. The van der Waals surface area contributed by atoms with Crippen LogP contribution in [0.3, 0.4) is 0 Å². The average molecular weight is 247 g/mol. The first-order valence-electron chi connectivity index (χ1n) is 5.55. The second kappa shape index (κ2) is 4.46. The summed E-state index contributed by atoms with van der Waals surface area (Å²) in [6, 6.07) is 7.70. The van der Waals surface area contributed by atoms with Gasteiger partial charge in [-0.25, -0.2) is 9.97 Å². The molecule has 0 amide bonds. The van der Waals surface area contributed by atoms with Crippen molar-refractivity contribution in [3.05, 3.63) is 47.5 Å². The topological polar surface area (TPSA) is 25.8 Å². The van der Waals surface area contributed by atoms with Crippen LogP contribution in [0.2, 0.25) is 5.02 Å². The van der Waals surface area contributed by atoms with Gasteiger partial charge in [0.25, 0.3) is 0 Å². The predicted octanol–water partition coefficient (Wildman–Crippen LogP) is 4.09. The lowest BCUT2D eigenvalue weighted by atomic mass is 9.95. The normalized spacial score (nSPS) is 11.5. The van der Waals surface area contributed by atoms with E-state index < -0.39 is 0 Å². The molecule has 0 unspecified atom stereocenters. The van der Waals surface area contributed by atoms with Crippen molar-refractivity contribution in [3.8, 4) is 11.1 Å². The maximum Gasteiger partial charge on any atom is 0.133 e. The largest absolute Gasteiger partial charge is 0.240 e. The van der Waals surface area contributed by atoms with E-state index in [1.54, 1.807) is 0 Å². The molecule has 17 heavy (non-hydrogen) atoms. The molecule has 0 spiro atoms. The second-order valence-corrected chi connectivity index (χ2v) is 5.49. The molecule has 0 aliphatic rings. The van der Waals surface area contributed by atoms with E-state index in [1.165, 1.54) is 0 Å². The van der Waals surface area contributed by atoms with Crippen LogP contribution < -0.4 is 0 Å². The van der Waals surface area contributed by atoms with Gasteiger partial charge in [-0.3, -0.25) is 0 Å². The minimum Gasteiger partial charge on any atom is -0.240 e. The number of aromatic nitrogens is 2. The zero-order valence-electron chi connectivity index (χ0n) is 10.2. The number of benzene rings is 1. The van der Waals surface area contributed by atoms with E-state index in [4.69, 9.17) is 11.6 Å². The average Bonchev–Trinajstić information content (AvgIpc) is 2.28. The molecule has 0 fully saturated rings. The molecule has 88 valence electrons. The minimum atomic E-state index is -0.0210. The fraction of sp³-hybridized carbons (Fsp3) is 0.286. The fourth-order valence-electron chi connectivity index (χ4n) is 1.53. The van der Waals surface area contributed by atoms with Crippen LogP contribution in [0.5, 0.6) is 0 Å². The highest BCUT2D eigenvalue weighted by atomic mass is 35.5. The summed E-state index contributed by atoms with van der Waals surface area (Å²) in [6.45, 7) is 6.30. The van der Waals surface area contributed by atoms with Gasteiger partial charge >= 0.3 is 0 Å². The summed E-state index contributed by atoms with van der Waals surface area (Å²) in [5.41, 5.74) is 2.01. The summed E-state index contributed by atoms with van der Waals surface area (Å²) in [6.07, 6.45) is 3.69. The third kappa shape index (κ3) is 2.83. The van der Waals surface area contributed by atoms with Crippen LogP contribution in [0.25, 0.3) is 11.1 Å². The molecule has 1 aromatic heterocycles. The molecule has 0 N–H and O–H groups in total. The van der Waals surface area contributed by atoms with Crippen molar-refractivity contribution in [1.29, 1.82) is 0 Å². The van der Waals surface area contributed by atoms with E-state index in [2.05, 4.69) is 30.7 Å². The second-order valence-electron chi connectivity index (χ2n) is 5.06. The highest BCUT2D eigenvalue weighted by Crippen LogP contribution is 2.23. The van der Waals surface area contributed by atoms with E-state index in [-0.39, 0.29) is 5.41 Å². The maximum atomic E-state index is 5.96. The number of hydrogen-bond acceptors (Lipinski definition) is 2. The third-order valence-electron chi connectivity index (χ3n) is 2.48. The molecule has 0 radical (unpaired) electrons. The van der Waals surface area contributed by atoms with Gasteiger partial charge in [0.05, 0.1) is 0 Å². The Morgan fingerprint density at radius 2 is 1.65 bits per heavy atom. The fourth-order valence-corrected chi connectivity index (χ4v) is 1.72. The Labute approximate surface area is 107 Å². The van der Waals surface area contributed by atoms with Crippen LogP contribution >= 0.6 is 11.6 Å². The van der Waals surface area contributed by atoms with Crippen LogP contribution in [0.15, 0.2) is 36.7 Å². The molecule has 0 saturated carbocycles. The van der Waals surface area contributed by atoms with Crippen molar-refractivity contribution >= 4 is 11.6 Å². The molecular weight excluding hydrogens is 232 g/mol. The summed E-state index contributed by atoms with van der Waals surface area (Å²) in [5, 5.41) is 0.724. The van der Waals surface area contributed by atoms with Gasteiger partial charge in [0, 0.05) is 28.4 Å². The molecular formula is C14H15ClN2. The van der Waals surface area contributed by atoms with Crippen molar-refractivity contribution in [2.75, 3.05) is 0 Å². The minimum absolute atomic E-state index is 0.0210. The van der Waals surface area contributed by atoms with E-state index in [0.29, 0.717) is 0 Å². The van der Waals surface area contributed by atoms with Crippen LogP contribution in [-0.2, 0) is 5.41 Å². The van der Waals surface area contributed by atoms with Crippen molar-refractivity contribution < 1.29 is 0 Å². The Kier molecular flexibility index (Phi) is 3.16. The Morgan fingerprint density at radius 3 is 2.18 bits per heavy atom. The molecule has 1 aromatic carbocycles. The molecule has 0 aliphatic heterocycles. The van der Waals surface area contributed by atoms with Gasteiger partial charge in [-0.1, -0.05) is 44.5 Å². The highest BCUT2D eigenvalue weighted by molar-refractivity contribution is 6.30. The van der Waals surface area contributed by atoms with Gasteiger partial charge in [-0.05, 0) is 17.7 Å². The van der Waals surface area contributed by atoms with Gasteiger partial charge < -0.3 is 0 Å². The van der Waals surface area contributed by atoms with E-state index in [9.17, 15) is 0 Å². The van der Waals surface area contributed by atoms with Gasteiger partial charge in [0.2, 0.25) is 0 Å². The molecule has 2 rings (SSSR count). The molecule has 1 heterocycles. The SMILES string of the molecule is CC(C)(C)c1ncc(-c2cccc(Cl)c2)cn1. The summed E-state index contributed by atoms with van der Waals surface area (Å²) in [5.74, 6) is 0.850. The van der Waals surface area contributed by atoms with E-state index in [0.717, 1.165) is 22.0 Å². The third-order valence-corrected chi connectivity index (χ3v) is 2.72. The Hall–Kier alpha value is -1.41. The van der Waals surface area contributed by atoms with Gasteiger partial charge in [-0.2, -0.15) is 0 Å². The van der Waals surface area contributed by atoms with Gasteiger partial charge in [-0.15, -0.1) is 0 Å². The summed E-state index contributed by atoms with van der Waals surface area (Å²) < 4.78 is 0. The van der Waals surface area contributed by atoms with Gasteiger partial charge in [0.15, 0.2) is 0 Å². The Balaban J connectivity index is 2.36. The molecule has 2 nitrogen and oxygen atoms in total. The Bertz CT molecular complexity index is 512. The first-order chi connectivity index (χ1) is 7.97. The van der Waals surface area contributed by atoms with Crippen LogP contribution in [0.4, 0.5) is 0 Å². The van der Waals surface area contributed by atoms with Crippen molar-refractivity contribution in [3.63, 3.8) is 0 Å². The quantitative estimate of drug-likeness (QED) is 0.757.